The highest BCUT2D eigenvalue weighted by Gasteiger charge is 2.21. The summed E-state index contributed by atoms with van der Waals surface area (Å²) in [6.07, 6.45) is 1.66. The van der Waals surface area contributed by atoms with Crippen LogP contribution in [0.25, 0.3) is 0 Å². The SMILES string of the molecule is CC(C)(C)OC(=O)C[C@H](O)C[C@@H](O)Cn1cccn1. The third kappa shape index (κ3) is 6.93. The van der Waals surface area contributed by atoms with Gasteiger partial charge < -0.3 is 14.9 Å². The van der Waals surface area contributed by atoms with E-state index in [-0.39, 0.29) is 12.8 Å². The zero-order chi connectivity index (χ0) is 14.5. The Hall–Kier alpha value is -1.40. The quantitative estimate of drug-likeness (QED) is 0.744. The summed E-state index contributed by atoms with van der Waals surface area (Å²) in [6.45, 7) is 5.59. The van der Waals surface area contributed by atoms with Gasteiger partial charge in [0.1, 0.15) is 5.60 Å². The summed E-state index contributed by atoms with van der Waals surface area (Å²) in [4.78, 5) is 11.5. The Labute approximate surface area is 113 Å². The van der Waals surface area contributed by atoms with Gasteiger partial charge in [0.15, 0.2) is 0 Å². The van der Waals surface area contributed by atoms with Crippen LogP contribution in [0.3, 0.4) is 0 Å². The van der Waals surface area contributed by atoms with Crippen molar-refractivity contribution >= 4 is 5.97 Å². The van der Waals surface area contributed by atoms with Gasteiger partial charge in [0, 0.05) is 18.8 Å². The van der Waals surface area contributed by atoms with Crippen molar-refractivity contribution < 1.29 is 19.7 Å². The van der Waals surface area contributed by atoms with Crippen LogP contribution in [0, 0.1) is 0 Å². The lowest BCUT2D eigenvalue weighted by molar-refractivity contribution is -0.157. The maximum absolute atomic E-state index is 11.5. The number of rotatable bonds is 6. The van der Waals surface area contributed by atoms with Crippen LogP contribution in [-0.4, -0.2) is 43.8 Å². The Morgan fingerprint density at radius 1 is 1.37 bits per heavy atom. The zero-order valence-electron chi connectivity index (χ0n) is 11.6. The Morgan fingerprint density at radius 2 is 2.05 bits per heavy atom. The molecule has 19 heavy (non-hydrogen) atoms. The van der Waals surface area contributed by atoms with Crippen molar-refractivity contribution in [1.29, 1.82) is 0 Å². The second kappa shape index (κ2) is 6.68. The molecule has 1 aromatic heterocycles. The Balaban J connectivity index is 2.30. The number of aliphatic hydroxyl groups excluding tert-OH is 2. The normalized spacial score (nSPS) is 15.0. The minimum absolute atomic E-state index is 0.110. The molecular formula is C13H22N2O4. The van der Waals surface area contributed by atoms with E-state index in [1.165, 1.54) is 0 Å². The minimum Gasteiger partial charge on any atom is -0.460 e. The molecule has 1 rings (SSSR count). The summed E-state index contributed by atoms with van der Waals surface area (Å²) in [6, 6.07) is 1.75. The minimum atomic E-state index is -0.916. The fourth-order valence-corrected chi connectivity index (χ4v) is 1.67. The number of hydrogen-bond donors (Lipinski definition) is 2. The lowest BCUT2D eigenvalue weighted by atomic mass is 10.1. The maximum Gasteiger partial charge on any atom is 0.308 e. The molecule has 0 aromatic carbocycles. The number of aromatic nitrogens is 2. The fourth-order valence-electron chi connectivity index (χ4n) is 1.67. The van der Waals surface area contributed by atoms with Crippen LogP contribution in [0.2, 0.25) is 0 Å². The summed E-state index contributed by atoms with van der Waals surface area (Å²) in [5, 5.41) is 23.4. The van der Waals surface area contributed by atoms with Crippen LogP contribution in [0.5, 0.6) is 0 Å². The summed E-state index contributed by atoms with van der Waals surface area (Å²) >= 11 is 0. The molecule has 0 bridgehead atoms. The first-order valence-electron chi connectivity index (χ1n) is 6.31. The first-order valence-corrected chi connectivity index (χ1v) is 6.31. The average molecular weight is 270 g/mol. The molecule has 0 saturated heterocycles. The van der Waals surface area contributed by atoms with Crippen molar-refractivity contribution in [3.63, 3.8) is 0 Å². The molecule has 0 aliphatic rings. The second-order valence-corrected chi connectivity index (χ2v) is 5.56. The number of carbonyl (C=O) groups is 1. The van der Waals surface area contributed by atoms with Crippen molar-refractivity contribution in [2.45, 2.75) is 58.0 Å². The van der Waals surface area contributed by atoms with Crippen LogP contribution in [0.4, 0.5) is 0 Å². The van der Waals surface area contributed by atoms with E-state index in [9.17, 15) is 15.0 Å². The van der Waals surface area contributed by atoms with E-state index < -0.39 is 23.8 Å². The molecule has 0 unspecified atom stereocenters. The predicted octanol–water partition coefficient (Wildman–Crippen LogP) is 0.727. The van der Waals surface area contributed by atoms with Gasteiger partial charge in [-0.3, -0.25) is 9.48 Å². The van der Waals surface area contributed by atoms with E-state index in [0.717, 1.165) is 0 Å². The molecular weight excluding hydrogens is 248 g/mol. The van der Waals surface area contributed by atoms with Gasteiger partial charge in [-0.1, -0.05) is 0 Å². The Kier molecular flexibility index (Phi) is 5.50. The van der Waals surface area contributed by atoms with Crippen molar-refractivity contribution in [2.75, 3.05) is 0 Å². The number of nitrogens with zero attached hydrogens (tertiary/aromatic N) is 2. The second-order valence-electron chi connectivity index (χ2n) is 5.56. The highest BCUT2D eigenvalue weighted by atomic mass is 16.6. The number of aliphatic hydroxyl groups is 2. The number of ether oxygens (including phenoxy) is 1. The largest absolute Gasteiger partial charge is 0.460 e. The topological polar surface area (TPSA) is 84.6 Å². The van der Waals surface area contributed by atoms with E-state index in [2.05, 4.69) is 5.10 Å². The third-order valence-electron chi connectivity index (χ3n) is 2.32. The lowest BCUT2D eigenvalue weighted by Crippen LogP contribution is -2.29. The van der Waals surface area contributed by atoms with E-state index >= 15 is 0 Å². The van der Waals surface area contributed by atoms with Crippen LogP contribution in [0.1, 0.15) is 33.6 Å². The summed E-state index contributed by atoms with van der Waals surface area (Å²) in [5.74, 6) is -0.466. The van der Waals surface area contributed by atoms with Crippen molar-refractivity contribution in [2.24, 2.45) is 0 Å². The van der Waals surface area contributed by atoms with E-state index in [4.69, 9.17) is 4.74 Å². The molecule has 6 nitrogen and oxygen atoms in total. The highest BCUT2D eigenvalue weighted by molar-refractivity contribution is 5.70. The predicted molar refractivity (Wildman–Crippen MR) is 69.3 cm³/mol. The number of hydrogen-bond acceptors (Lipinski definition) is 5. The molecule has 6 heteroatoms. The first-order chi connectivity index (χ1) is 8.76. The van der Waals surface area contributed by atoms with Gasteiger partial charge in [-0.2, -0.15) is 5.10 Å². The highest BCUT2D eigenvalue weighted by Crippen LogP contribution is 2.11. The first kappa shape index (κ1) is 15.7. The molecule has 2 N–H and O–H groups in total. The van der Waals surface area contributed by atoms with Crippen molar-refractivity contribution in [3.05, 3.63) is 18.5 Å². The molecule has 0 aliphatic carbocycles. The van der Waals surface area contributed by atoms with E-state index in [1.807, 2.05) is 0 Å². The van der Waals surface area contributed by atoms with Gasteiger partial charge in [0.2, 0.25) is 0 Å². The van der Waals surface area contributed by atoms with Gasteiger partial charge in [-0.05, 0) is 26.8 Å². The number of carbonyl (C=O) groups excluding carboxylic acids is 1. The van der Waals surface area contributed by atoms with Gasteiger partial charge in [-0.25, -0.2) is 0 Å². The van der Waals surface area contributed by atoms with Crippen molar-refractivity contribution in [1.82, 2.24) is 9.78 Å². The summed E-state index contributed by atoms with van der Waals surface area (Å²) < 4.78 is 6.67. The standard InChI is InChI=1S/C13H22N2O4/c1-13(2,3)19-12(18)8-10(16)7-11(17)9-15-6-4-5-14-15/h4-6,10-11,16-17H,7-9H2,1-3H3/t10-,11-/m1/s1. The maximum atomic E-state index is 11.5. The van der Waals surface area contributed by atoms with Crippen LogP contribution < -0.4 is 0 Å². The van der Waals surface area contributed by atoms with Crippen molar-refractivity contribution in [3.8, 4) is 0 Å². The van der Waals surface area contributed by atoms with Crippen LogP contribution in [0.15, 0.2) is 18.5 Å². The molecule has 0 amide bonds. The van der Waals surface area contributed by atoms with Gasteiger partial charge in [0.25, 0.3) is 0 Å². The van der Waals surface area contributed by atoms with Crippen LogP contribution in [-0.2, 0) is 16.1 Å². The lowest BCUT2D eigenvalue weighted by Gasteiger charge is -2.21. The molecule has 2 atom stereocenters. The molecule has 0 saturated carbocycles. The molecule has 108 valence electrons. The van der Waals surface area contributed by atoms with Gasteiger partial charge in [-0.15, -0.1) is 0 Å². The third-order valence-corrected chi connectivity index (χ3v) is 2.32. The molecule has 0 radical (unpaired) electrons. The molecule has 0 fully saturated rings. The molecule has 0 spiro atoms. The zero-order valence-corrected chi connectivity index (χ0v) is 11.6. The van der Waals surface area contributed by atoms with Gasteiger partial charge in [0.05, 0.1) is 25.2 Å². The molecule has 1 aromatic rings. The Bertz CT molecular complexity index is 384. The smallest absolute Gasteiger partial charge is 0.308 e. The van der Waals surface area contributed by atoms with Crippen LogP contribution >= 0.6 is 0 Å². The van der Waals surface area contributed by atoms with Gasteiger partial charge >= 0.3 is 5.97 Å². The summed E-state index contributed by atoms with van der Waals surface area (Å²) in [5.41, 5.74) is -0.565. The monoisotopic (exact) mass is 270 g/mol. The van der Waals surface area contributed by atoms with E-state index in [0.29, 0.717) is 6.54 Å². The average Bonchev–Trinajstić information content (AvgIpc) is 2.65. The van der Waals surface area contributed by atoms with E-state index in [1.54, 1.807) is 43.9 Å². The summed E-state index contributed by atoms with van der Waals surface area (Å²) in [7, 11) is 0. The molecule has 0 aliphatic heterocycles. The molecule has 1 heterocycles. The Morgan fingerprint density at radius 3 is 2.58 bits per heavy atom. The fraction of sp³-hybridized carbons (Fsp3) is 0.692. The number of esters is 1.